The fraction of sp³-hybridized carbons (Fsp3) is 0.357. The molecule has 0 unspecified atom stereocenters. The Morgan fingerprint density at radius 2 is 1.87 bits per heavy atom. The third-order valence-corrected chi connectivity index (χ3v) is 2.09. The number of nitrogens with zero attached hydrogens (tertiary/aromatic N) is 1. The summed E-state index contributed by atoms with van der Waals surface area (Å²) in [5, 5.41) is 0. The number of hydrogen-bond donors (Lipinski definition) is 0. The first-order valence-corrected chi connectivity index (χ1v) is 5.42. The molecule has 1 aromatic carbocycles. The zero-order chi connectivity index (χ0) is 11.1. The fourth-order valence-corrected chi connectivity index (χ4v) is 1.22. The van der Waals surface area contributed by atoms with Crippen LogP contribution in [0.25, 0.3) is 0 Å². The maximum atomic E-state index is 4.45. The van der Waals surface area contributed by atoms with Gasteiger partial charge in [0.2, 0.25) is 0 Å². The summed E-state index contributed by atoms with van der Waals surface area (Å²) >= 11 is 0. The van der Waals surface area contributed by atoms with Crippen molar-refractivity contribution in [1.29, 1.82) is 0 Å². The Bertz CT molecular complexity index is 334. The van der Waals surface area contributed by atoms with Crippen LogP contribution >= 0.6 is 0 Å². The topological polar surface area (TPSA) is 12.4 Å². The van der Waals surface area contributed by atoms with Crippen LogP contribution in [0.3, 0.4) is 0 Å². The third-order valence-electron chi connectivity index (χ3n) is 2.09. The summed E-state index contributed by atoms with van der Waals surface area (Å²) in [6.45, 7) is 6.46. The molecule has 1 aromatic rings. The number of rotatable bonds is 4. The highest BCUT2D eigenvalue weighted by molar-refractivity contribution is 5.71. The Labute approximate surface area is 92.6 Å². The lowest BCUT2D eigenvalue weighted by Gasteiger charge is -2.12. The lowest BCUT2D eigenvalue weighted by molar-refractivity contribution is 0.691. The molecule has 0 radical (unpaired) electrons. The van der Waals surface area contributed by atoms with Gasteiger partial charge in [-0.2, -0.15) is 0 Å². The van der Waals surface area contributed by atoms with Crippen molar-refractivity contribution in [2.45, 2.75) is 27.2 Å². The van der Waals surface area contributed by atoms with Gasteiger partial charge in [-0.15, -0.1) is 0 Å². The summed E-state index contributed by atoms with van der Waals surface area (Å²) in [4.78, 5) is 4.45. The largest absolute Gasteiger partial charge is 0.260 e. The molecule has 0 aliphatic heterocycles. The molecule has 15 heavy (non-hydrogen) atoms. The van der Waals surface area contributed by atoms with Crippen molar-refractivity contribution in [2.24, 2.45) is 10.4 Å². The maximum Gasteiger partial charge on any atom is 0.0626 e. The SMILES string of the molecule is CC/C=C\C(C)(C)/C=N\c1ccccc1. The van der Waals surface area contributed by atoms with Gasteiger partial charge in [-0.05, 0) is 18.6 Å². The van der Waals surface area contributed by atoms with E-state index in [0.29, 0.717) is 0 Å². The monoisotopic (exact) mass is 201 g/mol. The van der Waals surface area contributed by atoms with E-state index in [4.69, 9.17) is 0 Å². The van der Waals surface area contributed by atoms with E-state index in [1.807, 2.05) is 36.5 Å². The summed E-state index contributed by atoms with van der Waals surface area (Å²) in [7, 11) is 0. The molecule has 0 bridgehead atoms. The van der Waals surface area contributed by atoms with Gasteiger partial charge < -0.3 is 0 Å². The molecular formula is C14H19N. The molecule has 0 fully saturated rings. The molecule has 0 saturated heterocycles. The van der Waals surface area contributed by atoms with Gasteiger partial charge in [-0.25, -0.2) is 0 Å². The van der Waals surface area contributed by atoms with E-state index < -0.39 is 0 Å². The Hall–Kier alpha value is -1.37. The first kappa shape index (κ1) is 11.7. The molecule has 1 nitrogen and oxygen atoms in total. The van der Waals surface area contributed by atoms with E-state index in [2.05, 4.69) is 37.9 Å². The van der Waals surface area contributed by atoms with E-state index in [0.717, 1.165) is 12.1 Å². The van der Waals surface area contributed by atoms with Gasteiger partial charge >= 0.3 is 0 Å². The van der Waals surface area contributed by atoms with Gasteiger partial charge in [-0.3, -0.25) is 4.99 Å². The first-order chi connectivity index (χ1) is 7.14. The van der Waals surface area contributed by atoms with Crippen molar-refractivity contribution in [3.63, 3.8) is 0 Å². The molecule has 0 saturated carbocycles. The number of benzene rings is 1. The fourth-order valence-electron chi connectivity index (χ4n) is 1.22. The summed E-state index contributed by atoms with van der Waals surface area (Å²) in [6.07, 6.45) is 7.44. The summed E-state index contributed by atoms with van der Waals surface area (Å²) < 4.78 is 0. The van der Waals surface area contributed by atoms with Gasteiger partial charge in [0.05, 0.1) is 5.69 Å². The highest BCUT2D eigenvalue weighted by atomic mass is 14.7. The average molecular weight is 201 g/mol. The maximum absolute atomic E-state index is 4.45. The molecule has 80 valence electrons. The molecule has 0 aromatic heterocycles. The molecule has 1 rings (SSSR count). The molecule has 0 heterocycles. The highest BCUT2D eigenvalue weighted by Gasteiger charge is 2.08. The number of aliphatic imine (C=N–C) groups is 1. The Morgan fingerprint density at radius 1 is 1.20 bits per heavy atom. The Morgan fingerprint density at radius 3 is 2.47 bits per heavy atom. The molecule has 0 aliphatic rings. The minimum absolute atomic E-state index is 0.0336. The zero-order valence-electron chi connectivity index (χ0n) is 9.77. The van der Waals surface area contributed by atoms with Crippen LogP contribution in [-0.4, -0.2) is 6.21 Å². The second-order valence-electron chi connectivity index (χ2n) is 4.23. The zero-order valence-corrected chi connectivity index (χ0v) is 9.77. The van der Waals surface area contributed by atoms with E-state index in [-0.39, 0.29) is 5.41 Å². The predicted molar refractivity (Wildman–Crippen MR) is 67.8 cm³/mol. The minimum atomic E-state index is 0.0336. The molecule has 0 spiro atoms. The van der Waals surface area contributed by atoms with E-state index in [9.17, 15) is 0 Å². The van der Waals surface area contributed by atoms with Crippen molar-refractivity contribution < 1.29 is 0 Å². The van der Waals surface area contributed by atoms with Crippen LogP contribution < -0.4 is 0 Å². The van der Waals surface area contributed by atoms with E-state index >= 15 is 0 Å². The predicted octanol–water partition coefficient (Wildman–Crippen LogP) is 4.38. The van der Waals surface area contributed by atoms with Crippen molar-refractivity contribution in [3.8, 4) is 0 Å². The van der Waals surface area contributed by atoms with Gasteiger partial charge in [-0.1, -0.05) is 51.1 Å². The molecule has 0 aliphatic carbocycles. The molecule has 0 N–H and O–H groups in total. The lowest BCUT2D eigenvalue weighted by Crippen LogP contribution is -2.08. The van der Waals surface area contributed by atoms with Crippen LogP contribution in [0.5, 0.6) is 0 Å². The van der Waals surface area contributed by atoms with Crippen LogP contribution in [0.4, 0.5) is 5.69 Å². The summed E-state index contributed by atoms with van der Waals surface area (Å²) in [6, 6.07) is 10.0. The van der Waals surface area contributed by atoms with Crippen molar-refractivity contribution >= 4 is 11.9 Å². The summed E-state index contributed by atoms with van der Waals surface area (Å²) in [5.74, 6) is 0. The van der Waals surface area contributed by atoms with Crippen LogP contribution in [0.15, 0.2) is 47.5 Å². The normalized spacial score (nSPS) is 12.7. The van der Waals surface area contributed by atoms with Gasteiger partial charge in [0, 0.05) is 11.6 Å². The van der Waals surface area contributed by atoms with Crippen LogP contribution in [0.2, 0.25) is 0 Å². The van der Waals surface area contributed by atoms with Crippen LogP contribution in [0, 0.1) is 5.41 Å². The smallest absolute Gasteiger partial charge is 0.0626 e. The quantitative estimate of drug-likeness (QED) is 0.506. The van der Waals surface area contributed by atoms with Crippen molar-refractivity contribution in [1.82, 2.24) is 0 Å². The Kier molecular flexibility index (Phi) is 4.29. The van der Waals surface area contributed by atoms with Crippen molar-refractivity contribution in [2.75, 3.05) is 0 Å². The van der Waals surface area contributed by atoms with Gasteiger partial charge in [0.25, 0.3) is 0 Å². The Balaban J connectivity index is 2.68. The van der Waals surface area contributed by atoms with Gasteiger partial charge in [0.1, 0.15) is 0 Å². The van der Waals surface area contributed by atoms with Crippen LogP contribution in [-0.2, 0) is 0 Å². The second kappa shape index (κ2) is 5.50. The standard InChI is InChI=1S/C14H19N/c1-4-5-11-14(2,3)12-15-13-9-7-6-8-10-13/h5-12H,4H2,1-3H3/b11-5-,15-12-. The average Bonchev–Trinajstić information content (AvgIpc) is 2.25. The highest BCUT2D eigenvalue weighted by Crippen LogP contribution is 2.17. The molecular weight excluding hydrogens is 182 g/mol. The van der Waals surface area contributed by atoms with Gasteiger partial charge in [0.15, 0.2) is 0 Å². The van der Waals surface area contributed by atoms with E-state index in [1.165, 1.54) is 0 Å². The van der Waals surface area contributed by atoms with Crippen molar-refractivity contribution in [3.05, 3.63) is 42.5 Å². The number of allylic oxidation sites excluding steroid dienone is 2. The number of hydrogen-bond acceptors (Lipinski definition) is 1. The molecule has 0 amide bonds. The molecule has 1 heteroatoms. The lowest BCUT2D eigenvalue weighted by atomic mass is 9.94. The van der Waals surface area contributed by atoms with Crippen LogP contribution in [0.1, 0.15) is 27.2 Å². The third kappa shape index (κ3) is 4.59. The second-order valence-corrected chi connectivity index (χ2v) is 4.23. The van der Waals surface area contributed by atoms with E-state index in [1.54, 1.807) is 0 Å². The minimum Gasteiger partial charge on any atom is -0.260 e. The number of para-hydroxylation sites is 1. The first-order valence-electron chi connectivity index (χ1n) is 5.42. The summed E-state index contributed by atoms with van der Waals surface area (Å²) in [5.41, 5.74) is 1.04. The molecule has 0 atom stereocenters.